The molecule has 1 fully saturated rings. The van der Waals surface area contributed by atoms with Crippen molar-refractivity contribution in [2.45, 2.75) is 42.4 Å². The molecule has 2 bridgehead atoms. The monoisotopic (exact) mass is 331 g/mol. The fraction of sp³-hybridized carbons (Fsp3) is 0.571. The van der Waals surface area contributed by atoms with Gasteiger partial charge in [-0.1, -0.05) is 23.8 Å². The van der Waals surface area contributed by atoms with Gasteiger partial charge in [-0.05, 0) is 56.6 Å². The molecule has 2 atom stereocenters. The molecule has 2 aliphatic carbocycles. The van der Waals surface area contributed by atoms with Crippen molar-refractivity contribution in [2.75, 3.05) is 0 Å². The van der Waals surface area contributed by atoms with E-state index in [1.807, 2.05) is 0 Å². The zero-order chi connectivity index (χ0) is 14.4. The summed E-state index contributed by atoms with van der Waals surface area (Å²) in [6.45, 7) is 2.06. The Kier molecular flexibility index (Phi) is 3.73. The maximum absolute atomic E-state index is 12.6. The van der Waals surface area contributed by atoms with Crippen LogP contribution in [0.4, 0.5) is 0 Å². The summed E-state index contributed by atoms with van der Waals surface area (Å²) < 4.78 is 28.9. The van der Waals surface area contributed by atoms with Gasteiger partial charge in [0, 0.05) is 5.54 Å². The molecule has 0 aromatic carbocycles. The van der Waals surface area contributed by atoms with Crippen molar-refractivity contribution < 1.29 is 8.42 Å². The molecule has 20 heavy (non-hydrogen) atoms. The quantitative estimate of drug-likeness (QED) is 0.856. The van der Waals surface area contributed by atoms with Crippen molar-refractivity contribution >= 4 is 33.0 Å². The molecule has 1 aromatic rings. The number of halogens is 1. The lowest BCUT2D eigenvalue weighted by Gasteiger charge is -2.35. The van der Waals surface area contributed by atoms with Crippen LogP contribution in [0.15, 0.2) is 28.5 Å². The minimum absolute atomic E-state index is 0.306. The second-order valence-electron chi connectivity index (χ2n) is 5.86. The minimum Gasteiger partial charge on any atom is -0.206 e. The normalized spacial score (nSPS) is 33.3. The van der Waals surface area contributed by atoms with Crippen LogP contribution in [0.25, 0.3) is 0 Å². The van der Waals surface area contributed by atoms with Gasteiger partial charge < -0.3 is 0 Å². The fourth-order valence-corrected chi connectivity index (χ4v) is 6.54. The van der Waals surface area contributed by atoms with Crippen LogP contribution in [-0.2, 0) is 10.0 Å². The first kappa shape index (κ1) is 14.6. The van der Waals surface area contributed by atoms with Gasteiger partial charge in [0.2, 0.25) is 0 Å². The number of hydrogen-bond donors (Lipinski definition) is 1. The van der Waals surface area contributed by atoms with Gasteiger partial charge in [-0.15, -0.1) is 11.3 Å². The predicted molar refractivity (Wildman–Crippen MR) is 82.6 cm³/mol. The van der Waals surface area contributed by atoms with Crippen molar-refractivity contribution in [3.05, 3.63) is 28.6 Å². The predicted octanol–water partition coefficient (Wildman–Crippen LogP) is 3.81. The van der Waals surface area contributed by atoms with Crippen molar-refractivity contribution in [2.24, 2.45) is 11.8 Å². The van der Waals surface area contributed by atoms with Gasteiger partial charge in [0.1, 0.15) is 4.21 Å². The van der Waals surface area contributed by atoms with Gasteiger partial charge in [0.25, 0.3) is 10.0 Å². The van der Waals surface area contributed by atoms with Crippen LogP contribution in [0.2, 0.25) is 4.34 Å². The van der Waals surface area contributed by atoms with E-state index in [1.165, 1.54) is 0 Å². The van der Waals surface area contributed by atoms with Gasteiger partial charge in [0.15, 0.2) is 0 Å². The lowest BCUT2D eigenvalue weighted by atomic mass is 9.82. The van der Waals surface area contributed by atoms with E-state index < -0.39 is 10.0 Å². The van der Waals surface area contributed by atoms with Crippen LogP contribution in [0, 0.1) is 11.8 Å². The smallest absolute Gasteiger partial charge is 0.206 e. The third kappa shape index (κ3) is 2.45. The summed E-state index contributed by atoms with van der Waals surface area (Å²) in [6, 6.07) is 3.21. The second kappa shape index (κ2) is 5.13. The molecule has 3 nitrogen and oxygen atoms in total. The summed E-state index contributed by atoms with van der Waals surface area (Å²) in [5, 5.41) is 0. The van der Waals surface area contributed by atoms with Gasteiger partial charge in [-0.3, -0.25) is 0 Å². The van der Waals surface area contributed by atoms with Crippen LogP contribution in [-0.4, -0.2) is 14.0 Å². The number of rotatable bonds is 3. The van der Waals surface area contributed by atoms with E-state index in [4.69, 9.17) is 11.6 Å². The van der Waals surface area contributed by atoms with E-state index in [0.29, 0.717) is 20.4 Å². The van der Waals surface area contributed by atoms with E-state index in [-0.39, 0.29) is 5.54 Å². The highest BCUT2D eigenvalue weighted by Gasteiger charge is 2.48. The molecule has 1 saturated carbocycles. The Labute approximate surface area is 129 Å². The molecular formula is C14H18ClNO2S2. The van der Waals surface area contributed by atoms with Gasteiger partial charge in [-0.25, -0.2) is 13.1 Å². The largest absolute Gasteiger partial charge is 0.250 e. The van der Waals surface area contributed by atoms with Crippen LogP contribution in [0.3, 0.4) is 0 Å². The molecule has 0 spiro atoms. The van der Waals surface area contributed by atoms with Crippen LogP contribution in [0.1, 0.15) is 32.6 Å². The number of nitrogens with one attached hydrogen (secondary N) is 1. The third-order valence-electron chi connectivity index (χ3n) is 4.74. The highest BCUT2D eigenvalue weighted by Crippen LogP contribution is 2.47. The topological polar surface area (TPSA) is 46.2 Å². The lowest BCUT2D eigenvalue weighted by Crippen LogP contribution is -2.52. The third-order valence-corrected chi connectivity index (χ3v) is 8.04. The van der Waals surface area contributed by atoms with Crippen molar-refractivity contribution in [1.29, 1.82) is 0 Å². The Hall–Kier alpha value is -0.360. The second-order valence-corrected chi connectivity index (χ2v) is 9.49. The SMILES string of the molecule is CC1(NS(=O)(=O)c2ccc(Cl)s2)C2CC=CCC1CC2. The average molecular weight is 332 g/mol. The number of fused-ring (bicyclic) bond motifs is 2. The minimum atomic E-state index is -3.48. The van der Waals surface area contributed by atoms with Gasteiger partial charge >= 0.3 is 0 Å². The molecular weight excluding hydrogens is 314 g/mol. The molecule has 110 valence electrons. The maximum atomic E-state index is 12.6. The summed E-state index contributed by atoms with van der Waals surface area (Å²) in [4.78, 5) is 0. The molecule has 3 rings (SSSR count). The molecule has 0 aliphatic heterocycles. The highest BCUT2D eigenvalue weighted by molar-refractivity contribution is 7.91. The zero-order valence-electron chi connectivity index (χ0n) is 11.3. The Morgan fingerprint density at radius 1 is 1.25 bits per heavy atom. The first-order chi connectivity index (χ1) is 9.42. The van der Waals surface area contributed by atoms with Crippen LogP contribution in [0.5, 0.6) is 0 Å². The van der Waals surface area contributed by atoms with E-state index in [0.717, 1.165) is 37.0 Å². The molecule has 1 heterocycles. The first-order valence-electron chi connectivity index (χ1n) is 6.86. The summed E-state index contributed by atoms with van der Waals surface area (Å²) >= 11 is 6.97. The molecule has 2 aliphatic rings. The molecule has 1 N–H and O–H groups in total. The molecule has 6 heteroatoms. The van der Waals surface area contributed by atoms with Crippen molar-refractivity contribution in [1.82, 2.24) is 4.72 Å². The summed E-state index contributed by atoms with van der Waals surface area (Å²) in [6.07, 6.45) is 8.50. The lowest BCUT2D eigenvalue weighted by molar-refractivity contribution is 0.251. The average Bonchev–Trinajstić information content (AvgIpc) is 2.82. The number of thiophene rings is 1. The van der Waals surface area contributed by atoms with E-state index in [1.54, 1.807) is 12.1 Å². The molecule has 0 amide bonds. The maximum Gasteiger partial charge on any atom is 0.250 e. The first-order valence-corrected chi connectivity index (χ1v) is 9.54. The van der Waals surface area contributed by atoms with Crippen LogP contribution >= 0.6 is 22.9 Å². The van der Waals surface area contributed by atoms with Gasteiger partial charge in [-0.2, -0.15) is 0 Å². The fourth-order valence-electron chi connectivity index (χ4n) is 3.53. The summed E-state index contributed by atoms with van der Waals surface area (Å²) in [7, 11) is -3.48. The number of sulfonamides is 1. The van der Waals surface area contributed by atoms with E-state index >= 15 is 0 Å². The van der Waals surface area contributed by atoms with Crippen molar-refractivity contribution in [3.63, 3.8) is 0 Å². The summed E-state index contributed by atoms with van der Waals surface area (Å²) in [5.41, 5.74) is -0.348. The Morgan fingerprint density at radius 3 is 2.35 bits per heavy atom. The van der Waals surface area contributed by atoms with E-state index in [9.17, 15) is 8.42 Å². The van der Waals surface area contributed by atoms with E-state index in [2.05, 4.69) is 23.8 Å². The number of hydrogen-bond acceptors (Lipinski definition) is 3. The number of allylic oxidation sites excluding steroid dienone is 2. The zero-order valence-corrected chi connectivity index (χ0v) is 13.7. The molecule has 0 radical (unpaired) electrons. The Balaban J connectivity index is 1.90. The molecule has 2 unspecified atom stereocenters. The molecule has 0 saturated heterocycles. The standard InChI is InChI=1S/C14H18ClNO2S2/c1-14(10-4-2-3-5-11(14)7-6-10)16-20(17,18)13-9-8-12(15)19-13/h2-3,8-11,16H,4-7H2,1H3. The van der Waals surface area contributed by atoms with Crippen LogP contribution < -0.4 is 4.72 Å². The Bertz CT molecular complexity index is 619. The van der Waals surface area contributed by atoms with Gasteiger partial charge in [0.05, 0.1) is 4.34 Å². The highest BCUT2D eigenvalue weighted by atomic mass is 35.5. The Morgan fingerprint density at radius 2 is 1.85 bits per heavy atom. The molecule has 1 aromatic heterocycles. The summed E-state index contributed by atoms with van der Waals surface area (Å²) in [5.74, 6) is 0.771. The van der Waals surface area contributed by atoms with Crippen molar-refractivity contribution in [3.8, 4) is 0 Å².